The van der Waals surface area contributed by atoms with Crippen molar-refractivity contribution in [1.29, 1.82) is 0 Å². The molecular formula is C17H26N2S. The second-order valence-corrected chi connectivity index (χ2v) is 7.02. The summed E-state index contributed by atoms with van der Waals surface area (Å²) in [7, 11) is 0. The van der Waals surface area contributed by atoms with E-state index in [-0.39, 0.29) is 5.41 Å². The molecule has 1 aromatic rings. The Morgan fingerprint density at radius 2 is 1.70 bits per heavy atom. The van der Waals surface area contributed by atoms with Crippen molar-refractivity contribution in [2.45, 2.75) is 47.1 Å². The second kappa shape index (κ2) is 5.82. The number of hydrogen-bond donors (Lipinski definition) is 1. The van der Waals surface area contributed by atoms with Crippen molar-refractivity contribution in [1.82, 2.24) is 4.90 Å². The molecule has 1 saturated heterocycles. The van der Waals surface area contributed by atoms with E-state index in [2.05, 4.69) is 44.7 Å². The van der Waals surface area contributed by atoms with Gasteiger partial charge in [-0.3, -0.25) is 4.90 Å². The largest absolute Gasteiger partial charge is 0.393 e. The molecule has 2 N–H and O–H groups in total. The number of thiocarbonyl (C=S) groups is 1. The molecule has 1 aliphatic heterocycles. The van der Waals surface area contributed by atoms with E-state index < -0.39 is 0 Å². The summed E-state index contributed by atoms with van der Waals surface area (Å²) in [6, 6.07) is 4.57. The maximum atomic E-state index is 5.88. The zero-order valence-corrected chi connectivity index (χ0v) is 13.9. The van der Waals surface area contributed by atoms with Gasteiger partial charge in [-0.15, -0.1) is 0 Å². The Morgan fingerprint density at radius 3 is 2.15 bits per heavy atom. The van der Waals surface area contributed by atoms with Crippen LogP contribution in [0.15, 0.2) is 12.1 Å². The van der Waals surface area contributed by atoms with Crippen molar-refractivity contribution >= 4 is 17.2 Å². The number of nitrogens with zero attached hydrogens (tertiary/aromatic N) is 1. The van der Waals surface area contributed by atoms with E-state index >= 15 is 0 Å². The van der Waals surface area contributed by atoms with Gasteiger partial charge in [0.05, 0.1) is 4.99 Å². The third-order valence-electron chi connectivity index (χ3n) is 4.78. The molecule has 20 heavy (non-hydrogen) atoms. The summed E-state index contributed by atoms with van der Waals surface area (Å²) >= 11 is 5.21. The molecule has 0 spiro atoms. The van der Waals surface area contributed by atoms with Gasteiger partial charge in [-0.2, -0.15) is 0 Å². The summed E-state index contributed by atoms with van der Waals surface area (Å²) in [5.41, 5.74) is 11.6. The Bertz CT molecular complexity index is 491. The number of nitrogens with two attached hydrogens (primary N) is 1. The molecule has 0 amide bonds. The highest BCUT2D eigenvalue weighted by Gasteiger charge is 2.32. The van der Waals surface area contributed by atoms with Crippen LogP contribution in [0.1, 0.15) is 42.0 Å². The van der Waals surface area contributed by atoms with Gasteiger partial charge in [0.1, 0.15) is 0 Å². The van der Waals surface area contributed by atoms with Crippen molar-refractivity contribution in [2.24, 2.45) is 11.1 Å². The summed E-state index contributed by atoms with van der Waals surface area (Å²) in [6.07, 6.45) is 2.15. The fourth-order valence-corrected chi connectivity index (χ4v) is 3.34. The standard InChI is InChI=1S/C17H26N2S/c1-12-9-13(2)15(14(3)10-12)11-19-7-5-17(4,6-8-19)16(18)20/h9-10H,5-8,11H2,1-4H3,(H2,18,20). The van der Waals surface area contributed by atoms with Gasteiger partial charge in [0, 0.05) is 12.0 Å². The van der Waals surface area contributed by atoms with Crippen molar-refractivity contribution in [3.05, 3.63) is 34.4 Å². The second-order valence-electron chi connectivity index (χ2n) is 6.58. The van der Waals surface area contributed by atoms with Crippen molar-refractivity contribution in [3.8, 4) is 0 Å². The minimum atomic E-state index is 0.0587. The van der Waals surface area contributed by atoms with Crippen molar-refractivity contribution in [2.75, 3.05) is 13.1 Å². The lowest BCUT2D eigenvalue weighted by Crippen LogP contribution is -2.44. The van der Waals surface area contributed by atoms with Crippen molar-refractivity contribution < 1.29 is 0 Å². The molecule has 0 aromatic heterocycles. The molecule has 1 aliphatic rings. The molecule has 0 bridgehead atoms. The van der Waals surface area contributed by atoms with Gasteiger partial charge in [-0.25, -0.2) is 0 Å². The van der Waals surface area contributed by atoms with Gasteiger partial charge >= 0.3 is 0 Å². The Hall–Kier alpha value is -0.930. The Morgan fingerprint density at radius 1 is 1.20 bits per heavy atom. The Balaban J connectivity index is 2.05. The highest BCUT2D eigenvalue weighted by atomic mass is 32.1. The van der Waals surface area contributed by atoms with Crippen LogP contribution in [-0.2, 0) is 6.54 Å². The van der Waals surface area contributed by atoms with Crippen LogP contribution in [-0.4, -0.2) is 23.0 Å². The molecule has 0 radical (unpaired) electrons. The predicted octanol–water partition coefficient (Wildman–Crippen LogP) is 3.50. The first-order valence-corrected chi connectivity index (χ1v) is 7.82. The SMILES string of the molecule is Cc1cc(C)c(CN2CCC(C)(C(N)=S)CC2)c(C)c1. The fourth-order valence-electron chi connectivity index (χ4n) is 3.13. The molecule has 0 saturated carbocycles. The number of benzene rings is 1. The van der Waals surface area contributed by atoms with Gasteiger partial charge < -0.3 is 5.73 Å². The van der Waals surface area contributed by atoms with Gasteiger partial charge in [0.15, 0.2) is 0 Å². The van der Waals surface area contributed by atoms with Crippen molar-refractivity contribution in [3.63, 3.8) is 0 Å². The normalized spacial score (nSPS) is 19.0. The van der Waals surface area contributed by atoms with Crippen LogP contribution < -0.4 is 5.73 Å². The molecule has 110 valence electrons. The monoisotopic (exact) mass is 290 g/mol. The first-order chi connectivity index (χ1) is 9.32. The Labute approximate surface area is 128 Å². The number of rotatable bonds is 3. The summed E-state index contributed by atoms with van der Waals surface area (Å²) < 4.78 is 0. The molecule has 1 heterocycles. The highest BCUT2D eigenvalue weighted by Crippen LogP contribution is 2.32. The summed E-state index contributed by atoms with van der Waals surface area (Å²) in [4.78, 5) is 3.21. The smallest absolute Gasteiger partial charge is 0.0788 e. The lowest BCUT2D eigenvalue weighted by atomic mass is 9.80. The van der Waals surface area contributed by atoms with Crippen LogP contribution in [0.2, 0.25) is 0 Å². The van der Waals surface area contributed by atoms with E-state index in [1.807, 2.05) is 0 Å². The van der Waals surface area contributed by atoms with Crippen LogP contribution in [0.3, 0.4) is 0 Å². The van der Waals surface area contributed by atoms with E-state index in [1.165, 1.54) is 22.3 Å². The van der Waals surface area contributed by atoms with E-state index in [4.69, 9.17) is 18.0 Å². The van der Waals surface area contributed by atoms with E-state index in [1.54, 1.807) is 0 Å². The van der Waals surface area contributed by atoms with E-state index in [9.17, 15) is 0 Å². The molecule has 1 aromatic carbocycles. The molecular weight excluding hydrogens is 264 g/mol. The molecule has 1 fully saturated rings. The van der Waals surface area contributed by atoms with Gasteiger partial charge in [0.25, 0.3) is 0 Å². The first kappa shape index (κ1) is 15.5. The maximum Gasteiger partial charge on any atom is 0.0788 e. The number of piperidine rings is 1. The zero-order valence-electron chi connectivity index (χ0n) is 13.1. The van der Waals surface area contributed by atoms with Crippen LogP contribution in [0.5, 0.6) is 0 Å². The topological polar surface area (TPSA) is 29.3 Å². The number of hydrogen-bond acceptors (Lipinski definition) is 2. The van der Waals surface area contributed by atoms with Crippen LogP contribution in [0.4, 0.5) is 0 Å². The lowest BCUT2D eigenvalue weighted by molar-refractivity contribution is 0.157. The van der Waals surface area contributed by atoms with Gasteiger partial charge in [0.2, 0.25) is 0 Å². The predicted molar refractivity (Wildman–Crippen MR) is 90.1 cm³/mol. The molecule has 0 unspecified atom stereocenters. The van der Waals surface area contributed by atoms with Gasteiger partial charge in [-0.1, -0.05) is 36.8 Å². The maximum absolute atomic E-state index is 5.88. The fraction of sp³-hybridized carbons (Fsp3) is 0.588. The minimum Gasteiger partial charge on any atom is -0.393 e. The number of likely N-dealkylation sites (tertiary alicyclic amines) is 1. The molecule has 3 heteroatoms. The highest BCUT2D eigenvalue weighted by molar-refractivity contribution is 7.80. The van der Waals surface area contributed by atoms with Gasteiger partial charge in [-0.05, 0) is 63.4 Å². The zero-order chi connectivity index (χ0) is 14.9. The van der Waals surface area contributed by atoms with Crippen LogP contribution >= 0.6 is 12.2 Å². The Kier molecular flexibility index (Phi) is 4.50. The minimum absolute atomic E-state index is 0.0587. The van der Waals surface area contributed by atoms with Crippen LogP contribution in [0, 0.1) is 26.2 Å². The summed E-state index contributed by atoms with van der Waals surface area (Å²) in [6.45, 7) is 12.0. The molecule has 2 nitrogen and oxygen atoms in total. The summed E-state index contributed by atoms with van der Waals surface area (Å²) in [5.74, 6) is 0. The average Bonchev–Trinajstić information content (AvgIpc) is 2.36. The third kappa shape index (κ3) is 3.21. The quantitative estimate of drug-likeness (QED) is 0.864. The summed E-state index contributed by atoms with van der Waals surface area (Å²) in [5, 5.41) is 0. The number of aryl methyl sites for hydroxylation is 3. The molecule has 2 rings (SSSR count). The third-order valence-corrected chi connectivity index (χ3v) is 5.27. The lowest BCUT2D eigenvalue weighted by Gasteiger charge is -2.39. The van der Waals surface area contributed by atoms with Crippen LogP contribution in [0.25, 0.3) is 0 Å². The van der Waals surface area contributed by atoms with E-state index in [0.29, 0.717) is 4.99 Å². The average molecular weight is 290 g/mol. The molecule has 0 aliphatic carbocycles. The van der Waals surface area contributed by atoms with E-state index in [0.717, 1.165) is 32.5 Å². The first-order valence-electron chi connectivity index (χ1n) is 7.41. The molecule has 0 atom stereocenters.